The number of fused-ring (bicyclic) bond motifs is 4. The van der Waals surface area contributed by atoms with Gasteiger partial charge in [0.25, 0.3) is 11.2 Å². The van der Waals surface area contributed by atoms with Crippen LogP contribution in [0.5, 0.6) is 0 Å². The minimum atomic E-state index is -0.348. The van der Waals surface area contributed by atoms with Crippen LogP contribution in [0, 0.1) is 16.0 Å². The van der Waals surface area contributed by atoms with E-state index < -0.39 is 0 Å². The topological polar surface area (TPSA) is 68.4 Å². The molecule has 2 aliphatic heterocycles. The van der Waals surface area contributed by atoms with E-state index in [4.69, 9.17) is 0 Å². The molecule has 0 radical (unpaired) electrons. The van der Waals surface area contributed by atoms with Gasteiger partial charge in [-0.3, -0.25) is 19.8 Å². The van der Waals surface area contributed by atoms with Gasteiger partial charge in [-0.2, -0.15) is 0 Å². The highest BCUT2D eigenvalue weighted by atomic mass is 16.6. The summed E-state index contributed by atoms with van der Waals surface area (Å²) in [6, 6.07) is 12.3. The van der Waals surface area contributed by atoms with Crippen molar-refractivity contribution in [1.82, 2.24) is 9.47 Å². The Hall–Kier alpha value is -2.73. The van der Waals surface area contributed by atoms with E-state index in [1.54, 1.807) is 18.2 Å². The standard InChI is InChI=1S/C20H21N3O3/c24-20-9-3-8-18-17-11-15(13-22(18)20)12-21(14-17)10-4-6-16-5-1-2-7-19(16)23(25)26/h1-9,15,17H,10-14H2/b6-4+/t15-,17-/m0/s1. The van der Waals surface area contributed by atoms with E-state index in [-0.39, 0.29) is 16.2 Å². The lowest BCUT2D eigenvalue weighted by molar-refractivity contribution is -0.385. The lowest BCUT2D eigenvalue weighted by Crippen LogP contribution is -2.46. The second-order valence-electron chi connectivity index (χ2n) is 7.13. The number of aromatic nitrogens is 1. The van der Waals surface area contributed by atoms with Crippen molar-refractivity contribution < 1.29 is 4.92 Å². The first-order chi connectivity index (χ1) is 12.6. The molecular weight excluding hydrogens is 330 g/mol. The predicted octanol–water partition coefficient (Wildman–Crippen LogP) is 2.89. The second kappa shape index (κ2) is 6.88. The molecule has 134 valence electrons. The molecule has 1 aromatic heterocycles. The molecule has 6 nitrogen and oxygen atoms in total. The third kappa shape index (κ3) is 3.20. The molecule has 2 atom stereocenters. The van der Waals surface area contributed by atoms with Crippen molar-refractivity contribution in [1.29, 1.82) is 0 Å². The van der Waals surface area contributed by atoms with E-state index in [1.807, 2.05) is 28.9 Å². The molecule has 0 N–H and O–H groups in total. The van der Waals surface area contributed by atoms with Crippen LogP contribution >= 0.6 is 0 Å². The molecule has 0 spiro atoms. The summed E-state index contributed by atoms with van der Waals surface area (Å²) in [6.45, 7) is 3.42. The molecule has 0 amide bonds. The van der Waals surface area contributed by atoms with Gasteiger partial charge in [0.1, 0.15) is 0 Å². The van der Waals surface area contributed by atoms with Gasteiger partial charge in [-0.25, -0.2) is 0 Å². The van der Waals surface area contributed by atoms with Gasteiger partial charge >= 0.3 is 0 Å². The summed E-state index contributed by atoms with van der Waals surface area (Å²) in [5.74, 6) is 0.872. The third-order valence-electron chi connectivity index (χ3n) is 5.35. The SMILES string of the molecule is O=c1cccc2n1C[C@H]1C[C@H]2CN(C/C=C/c2ccccc2[N+](=O)[O-])C1. The number of rotatable bonds is 4. The molecule has 1 fully saturated rings. The maximum atomic E-state index is 12.1. The van der Waals surface area contributed by atoms with E-state index in [0.29, 0.717) is 17.4 Å². The van der Waals surface area contributed by atoms with Crippen LogP contribution in [0.15, 0.2) is 53.3 Å². The molecule has 0 saturated carbocycles. The Morgan fingerprint density at radius 2 is 1.96 bits per heavy atom. The fraction of sp³-hybridized carbons (Fsp3) is 0.350. The maximum absolute atomic E-state index is 12.1. The van der Waals surface area contributed by atoms with Crippen molar-refractivity contribution in [2.75, 3.05) is 19.6 Å². The molecule has 1 saturated heterocycles. The van der Waals surface area contributed by atoms with Gasteiger partial charge in [0, 0.05) is 49.9 Å². The molecule has 6 heteroatoms. The molecule has 2 aromatic rings. The monoisotopic (exact) mass is 351 g/mol. The molecule has 26 heavy (non-hydrogen) atoms. The zero-order chi connectivity index (χ0) is 18.1. The lowest BCUT2D eigenvalue weighted by Gasteiger charge is -2.42. The van der Waals surface area contributed by atoms with Gasteiger partial charge in [-0.1, -0.05) is 30.4 Å². The highest BCUT2D eigenvalue weighted by Gasteiger charge is 2.33. The van der Waals surface area contributed by atoms with Gasteiger partial charge in [-0.15, -0.1) is 0 Å². The predicted molar refractivity (Wildman–Crippen MR) is 100 cm³/mol. The fourth-order valence-corrected chi connectivity index (χ4v) is 4.27. The summed E-state index contributed by atoms with van der Waals surface area (Å²) >= 11 is 0. The van der Waals surface area contributed by atoms with Crippen molar-refractivity contribution >= 4 is 11.8 Å². The van der Waals surface area contributed by atoms with Crippen LogP contribution in [0.1, 0.15) is 23.6 Å². The van der Waals surface area contributed by atoms with Gasteiger partial charge in [0.15, 0.2) is 0 Å². The highest BCUT2D eigenvalue weighted by Crippen LogP contribution is 2.34. The van der Waals surface area contributed by atoms with Crippen molar-refractivity contribution in [3.8, 4) is 0 Å². The number of pyridine rings is 1. The Morgan fingerprint density at radius 1 is 1.12 bits per heavy atom. The Kier molecular flexibility index (Phi) is 4.42. The van der Waals surface area contributed by atoms with E-state index in [1.165, 1.54) is 6.07 Å². The summed E-state index contributed by atoms with van der Waals surface area (Å²) in [6.07, 6.45) is 4.97. The zero-order valence-electron chi connectivity index (χ0n) is 14.5. The number of likely N-dealkylation sites (tertiary alicyclic amines) is 1. The van der Waals surface area contributed by atoms with Crippen LogP contribution in [-0.2, 0) is 6.54 Å². The number of para-hydroxylation sites is 1. The molecule has 1 aromatic carbocycles. The average molecular weight is 351 g/mol. The van der Waals surface area contributed by atoms with Gasteiger partial charge in [0.05, 0.1) is 10.5 Å². The molecule has 0 aliphatic carbocycles. The van der Waals surface area contributed by atoms with Crippen LogP contribution in [0.25, 0.3) is 6.08 Å². The normalized spacial score (nSPS) is 22.3. The number of nitro benzene ring substituents is 1. The molecule has 2 bridgehead atoms. The van der Waals surface area contributed by atoms with Gasteiger partial charge in [-0.05, 0) is 24.5 Å². The molecule has 4 rings (SSSR count). The Labute approximate surface area is 151 Å². The third-order valence-corrected chi connectivity index (χ3v) is 5.35. The van der Waals surface area contributed by atoms with Crippen LogP contribution in [0.3, 0.4) is 0 Å². The summed E-state index contributed by atoms with van der Waals surface area (Å²) < 4.78 is 1.93. The quantitative estimate of drug-likeness (QED) is 0.627. The Morgan fingerprint density at radius 3 is 2.81 bits per heavy atom. The minimum absolute atomic E-state index is 0.0990. The summed E-state index contributed by atoms with van der Waals surface area (Å²) in [5, 5.41) is 11.1. The second-order valence-corrected chi connectivity index (χ2v) is 7.13. The van der Waals surface area contributed by atoms with Gasteiger partial charge in [0.2, 0.25) is 0 Å². The maximum Gasteiger partial charge on any atom is 0.276 e. The minimum Gasteiger partial charge on any atom is -0.312 e. The van der Waals surface area contributed by atoms with E-state index >= 15 is 0 Å². The number of nitro groups is 1. The highest BCUT2D eigenvalue weighted by molar-refractivity contribution is 5.60. The average Bonchev–Trinajstić information content (AvgIpc) is 2.63. The van der Waals surface area contributed by atoms with Crippen molar-refractivity contribution in [3.05, 3.63) is 80.3 Å². The van der Waals surface area contributed by atoms with Crippen molar-refractivity contribution in [2.24, 2.45) is 5.92 Å². The number of piperidine rings is 1. The largest absolute Gasteiger partial charge is 0.312 e. The van der Waals surface area contributed by atoms with Crippen molar-refractivity contribution in [2.45, 2.75) is 18.9 Å². The summed E-state index contributed by atoms with van der Waals surface area (Å²) in [4.78, 5) is 25.2. The van der Waals surface area contributed by atoms with E-state index in [2.05, 4.69) is 11.0 Å². The first kappa shape index (κ1) is 16.7. The first-order valence-corrected chi connectivity index (χ1v) is 8.94. The van der Waals surface area contributed by atoms with Crippen LogP contribution in [0.4, 0.5) is 5.69 Å². The summed E-state index contributed by atoms with van der Waals surface area (Å²) in [5.41, 5.74) is 2.00. The van der Waals surface area contributed by atoms with Crippen LogP contribution in [-0.4, -0.2) is 34.0 Å². The first-order valence-electron chi connectivity index (χ1n) is 8.94. The van der Waals surface area contributed by atoms with Gasteiger partial charge < -0.3 is 4.57 Å². The Bertz CT molecular complexity index is 919. The number of hydrogen-bond acceptors (Lipinski definition) is 4. The summed E-state index contributed by atoms with van der Waals surface area (Å²) in [7, 11) is 0. The fourth-order valence-electron chi connectivity index (χ4n) is 4.27. The molecular formula is C20H21N3O3. The molecule has 3 heterocycles. The van der Waals surface area contributed by atoms with E-state index in [0.717, 1.165) is 38.3 Å². The molecule has 2 aliphatic rings. The van der Waals surface area contributed by atoms with E-state index in [9.17, 15) is 14.9 Å². The number of nitrogens with zero attached hydrogens (tertiary/aromatic N) is 3. The van der Waals surface area contributed by atoms with Crippen LogP contribution in [0.2, 0.25) is 0 Å². The lowest BCUT2D eigenvalue weighted by atomic mass is 9.83. The smallest absolute Gasteiger partial charge is 0.276 e. The molecule has 0 unspecified atom stereocenters. The zero-order valence-corrected chi connectivity index (χ0v) is 14.5. The Balaban J connectivity index is 1.47. The number of hydrogen-bond donors (Lipinski definition) is 0. The van der Waals surface area contributed by atoms with Crippen LogP contribution < -0.4 is 5.56 Å². The number of benzene rings is 1. The van der Waals surface area contributed by atoms with Crippen molar-refractivity contribution in [3.63, 3.8) is 0 Å².